The first-order chi connectivity index (χ1) is 19.2. The molecular formula is C27H29N7O5S. The predicted octanol–water partition coefficient (Wildman–Crippen LogP) is 3.48. The summed E-state index contributed by atoms with van der Waals surface area (Å²) in [5, 5.41) is 16.9. The molecule has 2 atom stereocenters. The van der Waals surface area contributed by atoms with Crippen molar-refractivity contribution in [3.8, 4) is 0 Å². The number of ether oxygens (including phenoxy) is 1. The van der Waals surface area contributed by atoms with Crippen LogP contribution in [0.4, 0.5) is 10.5 Å². The monoisotopic (exact) mass is 563 g/mol. The molecule has 0 bridgehead atoms. The largest absolute Gasteiger partial charge is 0.453 e. The van der Waals surface area contributed by atoms with Gasteiger partial charge in [-0.15, -0.1) is 11.3 Å². The van der Waals surface area contributed by atoms with Gasteiger partial charge in [0.2, 0.25) is 5.91 Å². The van der Waals surface area contributed by atoms with E-state index >= 15 is 0 Å². The maximum Gasteiger partial charge on any atom is 0.409 e. The summed E-state index contributed by atoms with van der Waals surface area (Å²) < 4.78 is 6.80. The van der Waals surface area contributed by atoms with E-state index in [1.165, 1.54) is 42.5 Å². The summed E-state index contributed by atoms with van der Waals surface area (Å²) in [5.74, 6) is -0.391. The zero-order valence-corrected chi connectivity index (χ0v) is 23.1. The Morgan fingerprint density at radius 2 is 1.82 bits per heavy atom. The fourth-order valence-electron chi connectivity index (χ4n) is 4.18. The average molecular weight is 564 g/mol. The number of nitro groups is 1. The Kier molecular flexibility index (Phi) is 9.17. The number of thiazole rings is 1. The summed E-state index contributed by atoms with van der Waals surface area (Å²) in [6.45, 7) is 0. The van der Waals surface area contributed by atoms with E-state index in [1.54, 1.807) is 49.2 Å². The first kappa shape index (κ1) is 28.4. The average Bonchev–Trinajstić information content (AvgIpc) is 3.60. The van der Waals surface area contributed by atoms with Crippen LogP contribution in [0, 0.1) is 10.1 Å². The Bertz CT molecular complexity index is 1460. The molecule has 0 aliphatic rings. The van der Waals surface area contributed by atoms with Crippen molar-refractivity contribution in [2.75, 3.05) is 14.2 Å². The quantitative estimate of drug-likeness (QED) is 0.216. The molecule has 3 heterocycles. The van der Waals surface area contributed by atoms with Gasteiger partial charge in [0.1, 0.15) is 6.04 Å². The number of aromatic nitrogens is 4. The fourth-order valence-corrected chi connectivity index (χ4v) is 5.05. The van der Waals surface area contributed by atoms with Gasteiger partial charge in [-0.05, 0) is 29.7 Å². The van der Waals surface area contributed by atoms with Crippen molar-refractivity contribution in [1.82, 2.24) is 29.7 Å². The van der Waals surface area contributed by atoms with Gasteiger partial charge in [-0.25, -0.2) is 14.8 Å². The lowest BCUT2D eigenvalue weighted by atomic mass is 10.0. The van der Waals surface area contributed by atoms with E-state index in [-0.39, 0.29) is 12.1 Å². The van der Waals surface area contributed by atoms with E-state index in [0.29, 0.717) is 18.5 Å². The number of rotatable bonds is 11. The third-order valence-electron chi connectivity index (χ3n) is 6.49. The Morgan fingerprint density at radius 3 is 2.45 bits per heavy atom. The first-order valence-electron chi connectivity index (χ1n) is 12.4. The summed E-state index contributed by atoms with van der Waals surface area (Å²) in [4.78, 5) is 51.0. The van der Waals surface area contributed by atoms with Crippen molar-refractivity contribution in [2.45, 2.75) is 31.3 Å². The molecule has 0 spiro atoms. The lowest BCUT2D eigenvalue weighted by Crippen LogP contribution is -2.50. The molecule has 12 nitrogen and oxygen atoms in total. The number of aryl methyl sites for hydroxylation is 1. The van der Waals surface area contributed by atoms with Gasteiger partial charge in [0.05, 0.1) is 35.1 Å². The number of imidazole rings is 1. The van der Waals surface area contributed by atoms with Crippen LogP contribution in [0.2, 0.25) is 0 Å². The number of likely N-dealkylation sites (N-methyl/N-ethyl adjacent to an activating group) is 1. The minimum atomic E-state index is -0.873. The number of nitro benzene ring substituents is 1. The third-order valence-corrected chi connectivity index (χ3v) is 7.36. The molecule has 208 valence electrons. The van der Waals surface area contributed by atoms with Crippen molar-refractivity contribution in [3.63, 3.8) is 0 Å². The van der Waals surface area contributed by atoms with Crippen LogP contribution < -0.4 is 5.32 Å². The van der Waals surface area contributed by atoms with Crippen molar-refractivity contribution in [1.29, 1.82) is 0 Å². The highest BCUT2D eigenvalue weighted by molar-refractivity contribution is 7.09. The van der Waals surface area contributed by atoms with E-state index in [4.69, 9.17) is 9.72 Å². The van der Waals surface area contributed by atoms with Crippen LogP contribution in [0.3, 0.4) is 0 Å². The second-order valence-corrected chi connectivity index (χ2v) is 10.1. The van der Waals surface area contributed by atoms with Crippen molar-refractivity contribution in [3.05, 3.63) is 104 Å². The highest BCUT2D eigenvalue weighted by atomic mass is 32.1. The number of methoxy groups -OCH3 is 1. The van der Waals surface area contributed by atoms with E-state index in [2.05, 4.69) is 15.3 Å². The molecule has 2 amide bonds. The summed E-state index contributed by atoms with van der Waals surface area (Å²) in [6.07, 6.45) is 7.27. The highest BCUT2D eigenvalue weighted by Crippen LogP contribution is 2.24. The fraction of sp³-hybridized carbons (Fsp3) is 0.296. The van der Waals surface area contributed by atoms with Crippen LogP contribution in [-0.4, -0.2) is 61.5 Å². The molecule has 0 saturated carbocycles. The molecule has 0 fully saturated rings. The first-order valence-corrected chi connectivity index (χ1v) is 13.3. The molecule has 13 heteroatoms. The number of amides is 2. The highest BCUT2D eigenvalue weighted by Gasteiger charge is 2.30. The number of non-ortho nitro benzene ring substituents is 1. The molecule has 0 aliphatic heterocycles. The van der Waals surface area contributed by atoms with Gasteiger partial charge in [0.25, 0.3) is 5.69 Å². The zero-order chi connectivity index (χ0) is 28.6. The summed E-state index contributed by atoms with van der Waals surface area (Å²) in [5.41, 5.74) is 3.23. The van der Waals surface area contributed by atoms with Crippen LogP contribution in [0.25, 0.3) is 0 Å². The van der Waals surface area contributed by atoms with E-state index in [9.17, 15) is 19.7 Å². The summed E-state index contributed by atoms with van der Waals surface area (Å²) in [6, 6.07) is 8.32. The van der Waals surface area contributed by atoms with Gasteiger partial charge in [0.15, 0.2) is 0 Å². The van der Waals surface area contributed by atoms with Gasteiger partial charge in [-0.2, -0.15) is 0 Å². The number of nitrogens with zero attached hydrogens (tertiary/aromatic N) is 6. The smallest absolute Gasteiger partial charge is 0.409 e. The van der Waals surface area contributed by atoms with Crippen LogP contribution in [0.15, 0.2) is 66.7 Å². The van der Waals surface area contributed by atoms with Gasteiger partial charge < -0.3 is 14.6 Å². The number of benzene rings is 1. The van der Waals surface area contributed by atoms with Crippen molar-refractivity contribution < 1.29 is 19.2 Å². The number of hydrogen-bond acceptors (Lipinski definition) is 9. The van der Waals surface area contributed by atoms with E-state index in [1.807, 2.05) is 17.0 Å². The molecule has 1 aromatic carbocycles. The Labute approximate surface area is 234 Å². The molecule has 40 heavy (non-hydrogen) atoms. The topological polar surface area (TPSA) is 145 Å². The number of nitrogens with one attached hydrogen (secondary N) is 1. The normalized spacial score (nSPS) is 12.4. The lowest BCUT2D eigenvalue weighted by molar-refractivity contribution is -0.384. The maximum atomic E-state index is 13.7. The molecule has 0 radical (unpaired) electrons. The minimum absolute atomic E-state index is 0.0198. The predicted molar refractivity (Wildman–Crippen MR) is 148 cm³/mol. The second-order valence-electron chi connectivity index (χ2n) is 9.18. The number of carbonyl (C=O) groups excluding carboxylic acids is 2. The van der Waals surface area contributed by atoms with E-state index < -0.39 is 29.0 Å². The standard InChI is InChI=1S/C27H29N7O5S/c1-32-17-29-15-21(32)14-25-30-23(16-40-25)22(12-18-4-6-20(7-5-18)34(37)38)31-26(35)24(33(2)27(36)39-3)13-19-8-10-28-11-9-19/h4-11,15-17,22,24H,12-14H2,1-3H3,(H,31,35)/t22-,24-/m0/s1. The van der Waals surface area contributed by atoms with Gasteiger partial charge in [0, 0.05) is 68.7 Å². The lowest BCUT2D eigenvalue weighted by Gasteiger charge is -2.28. The van der Waals surface area contributed by atoms with Crippen LogP contribution in [0.1, 0.15) is 33.6 Å². The molecule has 0 saturated heterocycles. The molecular weight excluding hydrogens is 534 g/mol. The minimum Gasteiger partial charge on any atom is -0.453 e. The number of hydrogen-bond donors (Lipinski definition) is 1. The number of pyridine rings is 1. The second kappa shape index (κ2) is 12.9. The van der Waals surface area contributed by atoms with Crippen molar-refractivity contribution >= 4 is 29.0 Å². The van der Waals surface area contributed by atoms with Gasteiger partial charge in [-0.3, -0.25) is 24.8 Å². The maximum absolute atomic E-state index is 13.7. The SMILES string of the molecule is COC(=O)N(C)[C@@H](Cc1ccncc1)C(=O)N[C@@H](Cc1ccc([N+](=O)[O-])cc1)c1csc(Cc2cncn2C)n1. The Morgan fingerprint density at radius 1 is 1.12 bits per heavy atom. The molecule has 4 rings (SSSR count). The van der Waals surface area contributed by atoms with Crippen LogP contribution in [0.5, 0.6) is 0 Å². The summed E-state index contributed by atoms with van der Waals surface area (Å²) in [7, 11) is 4.68. The summed E-state index contributed by atoms with van der Waals surface area (Å²) >= 11 is 1.47. The molecule has 0 unspecified atom stereocenters. The molecule has 0 aliphatic carbocycles. The Balaban J connectivity index is 1.61. The molecule has 3 aromatic heterocycles. The third kappa shape index (κ3) is 7.05. The molecule has 1 N–H and O–H groups in total. The van der Waals surface area contributed by atoms with Crippen LogP contribution in [-0.2, 0) is 35.8 Å². The van der Waals surface area contributed by atoms with E-state index in [0.717, 1.165) is 21.8 Å². The molecule has 4 aromatic rings. The van der Waals surface area contributed by atoms with Crippen LogP contribution >= 0.6 is 11.3 Å². The number of carbonyl (C=O) groups is 2. The Hall–Kier alpha value is -4.65. The van der Waals surface area contributed by atoms with Gasteiger partial charge in [-0.1, -0.05) is 12.1 Å². The van der Waals surface area contributed by atoms with Crippen molar-refractivity contribution in [2.24, 2.45) is 7.05 Å². The van der Waals surface area contributed by atoms with Gasteiger partial charge >= 0.3 is 6.09 Å². The zero-order valence-electron chi connectivity index (χ0n) is 22.3.